The molecule has 0 saturated heterocycles. The molecule has 0 aliphatic rings. The molecular weight excluding hydrogens is 287 g/mol. The topological polar surface area (TPSA) is 37.8 Å². The molecule has 0 radical (unpaired) electrons. The number of hydrogen-bond acceptors (Lipinski definition) is 3. The van der Waals surface area contributed by atoms with E-state index in [9.17, 15) is 4.39 Å². The van der Waals surface area contributed by atoms with Gasteiger partial charge in [0.1, 0.15) is 10.8 Å². The molecule has 7 heteroatoms. The molecule has 2 aromatic rings. The van der Waals surface area contributed by atoms with E-state index in [1.54, 1.807) is 6.07 Å². The molecule has 0 spiro atoms. The third kappa shape index (κ3) is 2.97. The Kier molecular flexibility index (Phi) is 3.66. The van der Waals surface area contributed by atoms with Crippen LogP contribution in [0, 0.1) is 5.82 Å². The van der Waals surface area contributed by atoms with Crippen LogP contribution in [0.4, 0.5) is 15.9 Å². The molecule has 1 heterocycles. The second-order valence-electron chi connectivity index (χ2n) is 3.08. The molecule has 0 amide bonds. The SMILES string of the molecule is Fc1cc(Cl)ccc1Nc1nc(Cl)ncc1Cl. The maximum Gasteiger partial charge on any atom is 0.224 e. The van der Waals surface area contributed by atoms with Crippen molar-refractivity contribution in [1.82, 2.24) is 9.97 Å². The van der Waals surface area contributed by atoms with E-state index >= 15 is 0 Å². The highest BCUT2D eigenvalue weighted by Gasteiger charge is 2.08. The summed E-state index contributed by atoms with van der Waals surface area (Å²) < 4.78 is 13.5. The fourth-order valence-electron chi connectivity index (χ4n) is 1.15. The van der Waals surface area contributed by atoms with Crippen LogP contribution in [0.15, 0.2) is 24.4 Å². The van der Waals surface area contributed by atoms with Gasteiger partial charge in [0.15, 0.2) is 5.82 Å². The number of hydrogen-bond donors (Lipinski definition) is 1. The van der Waals surface area contributed by atoms with E-state index in [1.165, 1.54) is 18.3 Å². The maximum atomic E-state index is 13.5. The zero-order valence-corrected chi connectivity index (χ0v) is 10.5. The molecule has 0 aliphatic heterocycles. The third-order valence-corrected chi connectivity index (χ3v) is 2.59. The lowest BCUT2D eigenvalue weighted by atomic mass is 10.3. The fraction of sp³-hybridized carbons (Fsp3) is 0. The van der Waals surface area contributed by atoms with Crippen molar-refractivity contribution in [2.45, 2.75) is 0 Å². The largest absolute Gasteiger partial charge is 0.336 e. The summed E-state index contributed by atoms with van der Waals surface area (Å²) in [5.41, 5.74) is 0.200. The lowest BCUT2D eigenvalue weighted by Crippen LogP contribution is -1.98. The Morgan fingerprint density at radius 3 is 2.65 bits per heavy atom. The number of nitrogens with one attached hydrogen (secondary N) is 1. The van der Waals surface area contributed by atoms with Gasteiger partial charge in [-0.1, -0.05) is 23.2 Å². The van der Waals surface area contributed by atoms with Crippen LogP contribution in [-0.4, -0.2) is 9.97 Å². The Hall–Kier alpha value is -1.10. The molecule has 1 aromatic carbocycles. The van der Waals surface area contributed by atoms with E-state index in [-0.39, 0.29) is 21.8 Å². The van der Waals surface area contributed by atoms with E-state index in [0.29, 0.717) is 5.02 Å². The molecule has 1 aromatic heterocycles. The van der Waals surface area contributed by atoms with Gasteiger partial charge in [-0.15, -0.1) is 0 Å². The zero-order chi connectivity index (χ0) is 12.4. The number of rotatable bonds is 2. The highest BCUT2D eigenvalue weighted by molar-refractivity contribution is 6.33. The second-order valence-corrected chi connectivity index (χ2v) is 4.27. The highest BCUT2D eigenvalue weighted by Crippen LogP contribution is 2.26. The summed E-state index contributed by atoms with van der Waals surface area (Å²) in [4.78, 5) is 7.53. The average molecular weight is 293 g/mol. The molecule has 0 bridgehead atoms. The van der Waals surface area contributed by atoms with Crippen molar-refractivity contribution in [2.24, 2.45) is 0 Å². The molecule has 2 rings (SSSR count). The standard InChI is InChI=1S/C10H5Cl3FN3/c11-5-1-2-8(7(14)3-5)16-9-6(12)4-15-10(13)17-9/h1-4H,(H,15,16,17). The average Bonchev–Trinajstić information content (AvgIpc) is 2.27. The number of nitrogens with zero attached hydrogens (tertiary/aromatic N) is 2. The van der Waals surface area contributed by atoms with Gasteiger partial charge < -0.3 is 5.32 Å². The number of benzene rings is 1. The molecule has 88 valence electrons. The molecule has 1 N–H and O–H groups in total. The van der Waals surface area contributed by atoms with E-state index in [2.05, 4.69) is 15.3 Å². The minimum Gasteiger partial charge on any atom is -0.336 e. The van der Waals surface area contributed by atoms with Crippen LogP contribution in [0.2, 0.25) is 15.3 Å². The Bertz CT molecular complexity index is 562. The summed E-state index contributed by atoms with van der Waals surface area (Å²) >= 11 is 17.1. The number of anilines is 2. The molecular formula is C10H5Cl3FN3. The third-order valence-electron chi connectivity index (χ3n) is 1.90. The quantitative estimate of drug-likeness (QED) is 0.838. The predicted octanol–water partition coefficient (Wildman–Crippen LogP) is 4.32. The van der Waals surface area contributed by atoms with Crippen molar-refractivity contribution < 1.29 is 4.39 Å². The highest BCUT2D eigenvalue weighted by atomic mass is 35.5. The molecule has 0 fully saturated rings. The van der Waals surface area contributed by atoms with Crippen molar-refractivity contribution in [3.63, 3.8) is 0 Å². The molecule has 17 heavy (non-hydrogen) atoms. The van der Waals surface area contributed by atoms with Crippen molar-refractivity contribution in [1.29, 1.82) is 0 Å². The first-order valence-electron chi connectivity index (χ1n) is 4.46. The van der Waals surface area contributed by atoms with Crippen LogP contribution >= 0.6 is 34.8 Å². The summed E-state index contributed by atoms with van der Waals surface area (Å²) in [6.45, 7) is 0. The van der Waals surface area contributed by atoms with Crippen LogP contribution in [0.5, 0.6) is 0 Å². The van der Waals surface area contributed by atoms with Gasteiger partial charge in [0.2, 0.25) is 5.28 Å². The molecule has 3 nitrogen and oxygen atoms in total. The van der Waals surface area contributed by atoms with E-state index < -0.39 is 5.82 Å². The molecule has 0 aliphatic carbocycles. The Labute approximate surface area is 112 Å². The lowest BCUT2D eigenvalue weighted by molar-refractivity contribution is 0.632. The van der Waals surface area contributed by atoms with Crippen LogP contribution in [0.3, 0.4) is 0 Å². The van der Waals surface area contributed by atoms with E-state index in [1.807, 2.05) is 0 Å². The molecule has 0 atom stereocenters. The smallest absolute Gasteiger partial charge is 0.224 e. The van der Waals surface area contributed by atoms with Crippen molar-refractivity contribution in [2.75, 3.05) is 5.32 Å². The number of halogens is 4. The van der Waals surface area contributed by atoms with Crippen LogP contribution < -0.4 is 5.32 Å². The Balaban J connectivity index is 2.34. The summed E-state index contributed by atoms with van der Waals surface area (Å²) in [7, 11) is 0. The van der Waals surface area contributed by atoms with Gasteiger partial charge in [0.05, 0.1) is 11.9 Å². The van der Waals surface area contributed by atoms with Crippen LogP contribution in [0.1, 0.15) is 0 Å². The minimum absolute atomic E-state index is 0.0197. The van der Waals surface area contributed by atoms with E-state index in [4.69, 9.17) is 34.8 Å². The molecule has 0 saturated carbocycles. The van der Waals surface area contributed by atoms with Gasteiger partial charge >= 0.3 is 0 Å². The van der Waals surface area contributed by atoms with Gasteiger partial charge in [-0.3, -0.25) is 0 Å². The Morgan fingerprint density at radius 2 is 1.94 bits per heavy atom. The van der Waals surface area contributed by atoms with Gasteiger partial charge in [-0.05, 0) is 29.8 Å². The van der Waals surface area contributed by atoms with Gasteiger partial charge in [0.25, 0.3) is 0 Å². The first-order chi connectivity index (χ1) is 8.06. The Morgan fingerprint density at radius 1 is 1.18 bits per heavy atom. The van der Waals surface area contributed by atoms with Crippen molar-refractivity contribution in [3.8, 4) is 0 Å². The number of aromatic nitrogens is 2. The van der Waals surface area contributed by atoms with Crippen molar-refractivity contribution in [3.05, 3.63) is 45.5 Å². The second kappa shape index (κ2) is 5.04. The lowest BCUT2D eigenvalue weighted by Gasteiger charge is -2.08. The van der Waals surface area contributed by atoms with Gasteiger partial charge in [0, 0.05) is 5.02 Å². The van der Waals surface area contributed by atoms with Crippen molar-refractivity contribution >= 4 is 46.3 Å². The first kappa shape index (κ1) is 12.4. The summed E-state index contributed by atoms with van der Waals surface area (Å²) in [5, 5.41) is 3.27. The normalized spacial score (nSPS) is 10.4. The van der Waals surface area contributed by atoms with Gasteiger partial charge in [-0.2, -0.15) is 4.98 Å². The summed E-state index contributed by atoms with van der Waals surface area (Å²) in [5.74, 6) is -0.281. The first-order valence-corrected chi connectivity index (χ1v) is 5.60. The predicted molar refractivity (Wildman–Crippen MR) is 66.7 cm³/mol. The minimum atomic E-state index is -0.511. The van der Waals surface area contributed by atoms with Crippen LogP contribution in [0.25, 0.3) is 0 Å². The summed E-state index contributed by atoms with van der Waals surface area (Å²) in [6, 6.07) is 4.20. The fourth-order valence-corrected chi connectivity index (χ4v) is 1.58. The monoisotopic (exact) mass is 291 g/mol. The molecule has 0 unspecified atom stereocenters. The van der Waals surface area contributed by atoms with Gasteiger partial charge in [-0.25, -0.2) is 9.37 Å². The van der Waals surface area contributed by atoms with E-state index in [0.717, 1.165) is 0 Å². The maximum absolute atomic E-state index is 13.5. The zero-order valence-electron chi connectivity index (χ0n) is 8.22. The van der Waals surface area contributed by atoms with Crippen LogP contribution in [-0.2, 0) is 0 Å². The summed E-state index contributed by atoms with van der Waals surface area (Å²) in [6.07, 6.45) is 1.33.